The van der Waals surface area contributed by atoms with Crippen molar-refractivity contribution in [2.45, 2.75) is 0 Å². The highest BCUT2D eigenvalue weighted by Crippen LogP contribution is 2.15. The molecule has 0 aliphatic rings. The van der Waals surface area contributed by atoms with E-state index in [9.17, 15) is 0 Å². The summed E-state index contributed by atoms with van der Waals surface area (Å²) in [7, 11) is 0. The van der Waals surface area contributed by atoms with Crippen molar-refractivity contribution in [3.05, 3.63) is 42.9 Å². The first-order valence-electron chi connectivity index (χ1n) is 4.85. The maximum absolute atomic E-state index is 5.68. The molecule has 0 aromatic carbocycles. The maximum atomic E-state index is 5.68. The third-order valence-electron chi connectivity index (χ3n) is 2.30. The van der Waals surface area contributed by atoms with Gasteiger partial charge < -0.3 is 5.73 Å². The summed E-state index contributed by atoms with van der Waals surface area (Å²) in [5.74, 6) is 0.674. The van der Waals surface area contributed by atoms with Gasteiger partial charge in [0.1, 0.15) is 0 Å². The highest BCUT2D eigenvalue weighted by Gasteiger charge is 2.05. The lowest BCUT2D eigenvalue weighted by Crippen LogP contribution is -1.89. The first-order chi connectivity index (χ1) is 7.83. The van der Waals surface area contributed by atoms with Crippen LogP contribution >= 0.6 is 0 Å². The maximum Gasteiger partial charge on any atom is 0.182 e. The van der Waals surface area contributed by atoms with Crippen molar-refractivity contribution in [1.82, 2.24) is 19.6 Å². The Morgan fingerprint density at radius 1 is 1.12 bits per heavy atom. The molecule has 3 heterocycles. The summed E-state index contributed by atoms with van der Waals surface area (Å²) in [5, 5.41) is 4.35. The molecule has 2 N–H and O–H groups in total. The summed E-state index contributed by atoms with van der Waals surface area (Å²) in [5.41, 5.74) is 8.05. The van der Waals surface area contributed by atoms with Crippen LogP contribution in [-0.4, -0.2) is 19.6 Å². The van der Waals surface area contributed by atoms with Gasteiger partial charge in [-0.25, -0.2) is 9.50 Å². The van der Waals surface area contributed by atoms with Crippen molar-refractivity contribution in [2.24, 2.45) is 0 Å². The number of anilines is 1. The van der Waals surface area contributed by atoms with Gasteiger partial charge in [0.25, 0.3) is 0 Å². The Hall–Kier alpha value is -2.43. The van der Waals surface area contributed by atoms with Crippen LogP contribution in [0.2, 0.25) is 0 Å². The number of hydrogen-bond donors (Lipinski definition) is 1. The van der Waals surface area contributed by atoms with E-state index in [0.717, 1.165) is 11.2 Å². The number of rotatable bonds is 1. The number of hydrogen-bond acceptors (Lipinski definition) is 4. The largest absolute Gasteiger partial charge is 0.399 e. The van der Waals surface area contributed by atoms with Crippen LogP contribution in [0.5, 0.6) is 0 Å². The number of fused-ring (bicyclic) bond motifs is 1. The van der Waals surface area contributed by atoms with Crippen LogP contribution in [0.3, 0.4) is 0 Å². The molecule has 0 amide bonds. The molecule has 16 heavy (non-hydrogen) atoms. The fraction of sp³-hybridized carbons (Fsp3) is 0. The van der Waals surface area contributed by atoms with E-state index in [-0.39, 0.29) is 0 Å². The van der Waals surface area contributed by atoms with Crippen LogP contribution in [0.15, 0.2) is 42.9 Å². The normalized spacial score (nSPS) is 10.8. The second-order valence-electron chi connectivity index (χ2n) is 3.43. The molecule has 3 aromatic rings. The lowest BCUT2D eigenvalue weighted by Gasteiger charge is -1.91. The van der Waals surface area contributed by atoms with Crippen molar-refractivity contribution >= 4 is 11.3 Å². The van der Waals surface area contributed by atoms with Crippen LogP contribution in [0.4, 0.5) is 5.69 Å². The Balaban J connectivity index is 2.19. The van der Waals surface area contributed by atoms with Gasteiger partial charge in [-0.05, 0) is 18.2 Å². The molecule has 3 aromatic heterocycles. The van der Waals surface area contributed by atoms with Gasteiger partial charge in [0, 0.05) is 35.9 Å². The SMILES string of the molecule is Nc1ccn2nc(-c3ccncc3)nc2c1. The molecule has 0 bridgehead atoms. The Labute approximate surface area is 91.6 Å². The summed E-state index contributed by atoms with van der Waals surface area (Å²) >= 11 is 0. The smallest absolute Gasteiger partial charge is 0.182 e. The molecule has 0 atom stereocenters. The van der Waals surface area contributed by atoms with E-state index in [2.05, 4.69) is 15.1 Å². The fourth-order valence-electron chi connectivity index (χ4n) is 1.52. The minimum Gasteiger partial charge on any atom is -0.399 e. The van der Waals surface area contributed by atoms with Crippen molar-refractivity contribution in [3.63, 3.8) is 0 Å². The highest BCUT2D eigenvalue weighted by molar-refractivity contribution is 5.59. The molecule has 0 spiro atoms. The monoisotopic (exact) mass is 211 g/mol. The number of nitrogen functional groups attached to an aromatic ring is 1. The third kappa shape index (κ3) is 1.38. The van der Waals surface area contributed by atoms with Crippen molar-refractivity contribution in [3.8, 4) is 11.4 Å². The van der Waals surface area contributed by atoms with Crippen LogP contribution < -0.4 is 5.73 Å². The Morgan fingerprint density at radius 2 is 1.94 bits per heavy atom. The number of pyridine rings is 2. The molecule has 5 nitrogen and oxygen atoms in total. The first-order valence-corrected chi connectivity index (χ1v) is 4.85. The second kappa shape index (κ2) is 3.30. The van der Waals surface area contributed by atoms with Gasteiger partial charge in [0.15, 0.2) is 11.5 Å². The standard InChI is InChI=1S/C11H9N5/c12-9-3-6-16-10(7-9)14-11(15-16)8-1-4-13-5-2-8/h1-7H,12H2. The molecule has 0 saturated carbocycles. The first kappa shape index (κ1) is 8.84. The van der Waals surface area contributed by atoms with Gasteiger partial charge in [-0.15, -0.1) is 5.10 Å². The lowest BCUT2D eigenvalue weighted by atomic mass is 10.3. The predicted molar refractivity (Wildman–Crippen MR) is 60.6 cm³/mol. The van der Waals surface area contributed by atoms with E-state index in [1.165, 1.54) is 0 Å². The molecule has 78 valence electrons. The Morgan fingerprint density at radius 3 is 2.75 bits per heavy atom. The predicted octanol–water partition coefficient (Wildman–Crippen LogP) is 1.37. The Kier molecular flexibility index (Phi) is 1.83. The van der Waals surface area contributed by atoms with Crippen molar-refractivity contribution in [1.29, 1.82) is 0 Å². The molecule has 0 saturated heterocycles. The van der Waals surface area contributed by atoms with Gasteiger partial charge in [-0.3, -0.25) is 4.98 Å². The van der Waals surface area contributed by atoms with Gasteiger partial charge >= 0.3 is 0 Å². The average Bonchev–Trinajstić information content (AvgIpc) is 2.73. The van der Waals surface area contributed by atoms with E-state index in [1.54, 1.807) is 35.2 Å². The zero-order valence-corrected chi connectivity index (χ0v) is 8.41. The molecule has 0 fully saturated rings. The molecule has 0 aliphatic carbocycles. The highest BCUT2D eigenvalue weighted by atomic mass is 15.3. The summed E-state index contributed by atoms with van der Waals surface area (Å²) in [6.45, 7) is 0. The molecule has 5 heteroatoms. The molecule has 0 unspecified atom stereocenters. The van der Waals surface area contributed by atoms with Gasteiger partial charge in [0.2, 0.25) is 0 Å². The summed E-state index contributed by atoms with van der Waals surface area (Å²) in [6.07, 6.45) is 5.23. The average molecular weight is 211 g/mol. The van der Waals surface area contributed by atoms with Crippen molar-refractivity contribution < 1.29 is 0 Å². The minimum atomic E-state index is 0.674. The fourth-order valence-corrected chi connectivity index (χ4v) is 1.52. The van der Waals surface area contributed by atoms with Crippen LogP contribution in [0, 0.1) is 0 Å². The van der Waals surface area contributed by atoms with E-state index in [4.69, 9.17) is 5.73 Å². The second-order valence-corrected chi connectivity index (χ2v) is 3.43. The Bertz CT molecular complexity index is 629. The van der Waals surface area contributed by atoms with E-state index in [0.29, 0.717) is 11.5 Å². The molecular formula is C11H9N5. The number of nitrogens with zero attached hydrogens (tertiary/aromatic N) is 4. The van der Waals surface area contributed by atoms with Crippen LogP contribution in [-0.2, 0) is 0 Å². The van der Waals surface area contributed by atoms with Crippen molar-refractivity contribution in [2.75, 3.05) is 5.73 Å². The summed E-state index contributed by atoms with van der Waals surface area (Å²) in [4.78, 5) is 8.34. The van der Waals surface area contributed by atoms with Gasteiger partial charge in [0.05, 0.1) is 0 Å². The van der Waals surface area contributed by atoms with E-state index >= 15 is 0 Å². The topological polar surface area (TPSA) is 69.1 Å². The number of aromatic nitrogens is 4. The van der Waals surface area contributed by atoms with Crippen LogP contribution in [0.25, 0.3) is 17.0 Å². The zero-order valence-electron chi connectivity index (χ0n) is 8.41. The minimum absolute atomic E-state index is 0.674. The zero-order chi connectivity index (χ0) is 11.0. The molecule has 0 aliphatic heterocycles. The van der Waals surface area contributed by atoms with Gasteiger partial charge in [-0.1, -0.05) is 0 Å². The number of nitrogens with two attached hydrogens (primary N) is 1. The van der Waals surface area contributed by atoms with E-state index in [1.807, 2.05) is 12.1 Å². The van der Waals surface area contributed by atoms with Crippen LogP contribution in [0.1, 0.15) is 0 Å². The molecule has 0 radical (unpaired) electrons. The summed E-state index contributed by atoms with van der Waals surface area (Å²) in [6, 6.07) is 7.33. The summed E-state index contributed by atoms with van der Waals surface area (Å²) < 4.78 is 1.70. The van der Waals surface area contributed by atoms with E-state index < -0.39 is 0 Å². The quantitative estimate of drug-likeness (QED) is 0.660. The lowest BCUT2D eigenvalue weighted by molar-refractivity contribution is 0.966. The molecular weight excluding hydrogens is 202 g/mol. The third-order valence-corrected chi connectivity index (χ3v) is 2.30. The molecule has 3 rings (SSSR count). The van der Waals surface area contributed by atoms with Gasteiger partial charge in [-0.2, -0.15) is 0 Å².